The van der Waals surface area contributed by atoms with Crippen molar-refractivity contribution in [2.24, 2.45) is 5.10 Å². The van der Waals surface area contributed by atoms with Crippen molar-refractivity contribution in [1.29, 1.82) is 5.26 Å². The summed E-state index contributed by atoms with van der Waals surface area (Å²) in [5.74, 6) is 1.23. The summed E-state index contributed by atoms with van der Waals surface area (Å²) in [6.45, 7) is 0.216. The third-order valence-corrected chi connectivity index (χ3v) is 5.68. The Morgan fingerprint density at radius 2 is 1.81 bits per heavy atom. The van der Waals surface area contributed by atoms with Crippen LogP contribution < -0.4 is 14.3 Å². The van der Waals surface area contributed by atoms with Crippen LogP contribution in [0, 0.1) is 11.3 Å². The van der Waals surface area contributed by atoms with Gasteiger partial charge in [0.05, 0.1) is 29.9 Å². The van der Waals surface area contributed by atoms with E-state index in [1.807, 2.05) is 0 Å². The molecule has 0 atom stereocenters. The van der Waals surface area contributed by atoms with Crippen LogP contribution in [0.25, 0.3) is 0 Å². The highest BCUT2D eigenvalue weighted by Crippen LogP contribution is 2.22. The molecule has 7 nitrogen and oxygen atoms in total. The number of nitriles is 1. The Morgan fingerprint density at radius 3 is 2.45 bits per heavy atom. The molecule has 31 heavy (non-hydrogen) atoms. The highest BCUT2D eigenvalue weighted by Gasteiger charge is 2.12. The molecule has 0 heterocycles. The van der Waals surface area contributed by atoms with Crippen molar-refractivity contribution in [1.82, 2.24) is 4.83 Å². The summed E-state index contributed by atoms with van der Waals surface area (Å²) in [5.41, 5.74) is 1.94. The van der Waals surface area contributed by atoms with Gasteiger partial charge in [-0.25, -0.2) is 4.83 Å². The van der Waals surface area contributed by atoms with E-state index in [4.69, 9.17) is 26.3 Å². The Bertz CT molecular complexity index is 1220. The number of nitrogens with one attached hydrogen (secondary N) is 1. The lowest BCUT2D eigenvalue weighted by atomic mass is 10.1. The van der Waals surface area contributed by atoms with Gasteiger partial charge in [-0.1, -0.05) is 11.6 Å². The van der Waals surface area contributed by atoms with Crippen LogP contribution in [0.4, 0.5) is 0 Å². The third kappa shape index (κ3) is 5.98. The number of hydrazone groups is 1. The average Bonchev–Trinajstić information content (AvgIpc) is 2.78. The Morgan fingerprint density at radius 1 is 1.10 bits per heavy atom. The first kappa shape index (κ1) is 22.2. The van der Waals surface area contributed by atoms with E-state index in [9.17, 15) is 8.42 Å². The third-order valence-electron chi connectivity index (χ3n) is 4.19. The minimum Gasteiger partial charge on any atom is -0.496 e. The molecule has 158 valence electrons. The Hall–Kier alpha value is -3.54. The summed E-state index contributed by atoms with van der Waals surface area (Å²) in [7, 11) is -2.25. The van der Waals surface area contributed by atoms with E-state index in [-0.39, 0.29) is 11.5 Å². The second-order valence-electron chi connectivity index (χ2n) is 6.30. The van der Waals surface area contributed by atoms with Crippen LogP contribution in [0.1, 0.15) is 16.7 Å². The molecule has 0 unspecified atom stereocenters. The van der Waals surface area contributed by atoms with Crippen molar-refractivity contribution >= 4 is 27.8 Å². The summed E-state index contributed by atoms with van der Waals surface area (Å²) >= 11 is 5.79. The molecule has 0 aliphatic heterocycles. The van der Waals surface area contributed by atoms with Gasteiger partial charge in [0.1, 0.15) is 18.1 Å². The molecule has 0 bridgehead atoms. The minimum atomic E-state index is -3.80. The summed E-state index contributed by atoms with van der Waals surface area (Å²) in [6.07, 6.45) is 1.39. The molecule has 0 aliphatic rings. The van der Waals surface area contributed by atoms with Gasteiger partial charge in [-0.15, -0.1) is 0 Å². The van der Waals surface area contributed by atoms with Crippen molar-refractivity contribution in [2.75, 3.05) is 7.11 Å². The molecule has 0 saturated heterocycles. The first-order chi connectivity index (χ1) is 14.9. The van der Waals surface area contributed by atoms with Gasteiger partial charge in [-0.3, -0.25) is 0 Å². The topological polar surface area (TPSA) is 101 Å². The van der Waals surface area contributed by atoms with Gasteiger partial charge < -0.3 is 9.47 Å². The number of methoxy groups -OCH3 is 1. The number of halogens is 1. The van der Waals surface area contributed by atoms with Crippen molar-refractivity contribution in [3.63, 3.8) is 0 Å². The number of sulfonamides is 1. The van der Waals surface area contributed by atoms with Crippen molar-refractivity contribution < 1.29 is 17.9 Å². The second-order valence-corrected chi connectivity index (χ2v) is 8.40. The zero-order chi connectivity index (χ0) is 22.3. The molecule has 0 aromatic heterocycles. The molecule has 9 heteroatoms. The quantitative estimate of drug-likeness (QED) is 0.407. The molecule has 3 aromatic rings. The summed E-state index contributed by atoms with van der Waals surface area (Å²) in [6, 6.07) is 19.8. The molecule has 3 aromatic carbocycles. The standard InChI is InChI=1S/C22H18ClN3O4S/c1-29-22-11-4-17(12-18(22)15-30-20-7-2-16(13-24)3-8-20)14-25-26-31(27,28)21-9-5-19(23)6-10-21/h2-12,14,26H,15H2,1H3/b25-14-. The fraction of sp³-hybridized carbons (Fsp3) is 0.0909. The smallest absolute Gasteiger partial charge is 0.276 e. The fourth-order valence-electron chi connectivity index (χ4n) is 2.62. The Labute approximate surface area is 185 Å². The normalized spacial score (nSPS) is 11.1. The summed E-state index contributed by atoms with van der Waals surface area (Å²) in [4.78, 5) is 2.23. The maximum Gasteiger partial charge on any atom is 0.276 e. The van der Waals surface area contributed by atoms with E-state index in [0.717, 1.165) is 5.56 Å². The summed E-state index contributed by atoms with van der Waals surface area (Å²) < 4.78 is 35.7. The lowest BCUT2D eigenvalue weighted by Crippen LogP contribution is -2.18. The van der Waals surface area contributed by atoms with Crippen LogP contribution in [0.2, 0.25) is 5.02 Å². The first-order valence-corrected chi connectivity index (χ1v) is 10.9. The molecule has 3 rings (SSSR count). The number of nitrogens with zero attached hydrogens (tertiary/aromatic N) is 2. The van der Waals surface area contributed by atoms with E-state index in [0.29, 0.717) is 27.6 Å². The van der Waals surface area contributed by atoms with Gasteiger partial charge in [0, 0.05) is 10.6 Å². The van der Waals surface area contributed by atoms with E-state index in [2.05, 4.69) is 16.0 Å². The Kier molecular flexibility index (Phi) is 7.13. The number of ether oxygens (including phenoxy) is 2. The summed E-state index contributed by atoms with van der Waals surface area (Å²) in [5, 5.41) is 13.1. The number of rotatable bonds is 8. The zero-order valence-electron chi connectivity index (χ0n) is 16.4. The van der Waals surface area contributed by atoms with Crippen LogP contribution in [0.5, 0.6) is 11.5 Å². The number of hydrogen-bond donors (Lipinski definition) is 1. The van der Waals surface area contributed by atoms with E-state index in [1.165, 1.54) is 30.5 Å². The van der Waals surface area contributed by atoms with Crippen LogP contribution in [0.15, 0.2) is 76.7 Å². The van der Waals surface area contributed by atoms with Gasteiger partial charge in [0.15, 0.2) is 0 Å². The fourth-order valence-corrected chi connectivity index (χ4v) is 3.53. The van der Waals surface area contributed by atoms with E-state index in [1.54, 1.807) is 49.6 Å². The zero-order valence-corrected chi connectivity index (χ0v) is 18.0. The monoisotopic (exact) mass is 455 g/mol. The molecule has 0 amide bonds. The first-order valence-electron chi connectivity index (χ1n) is 9.01. The lowest BCUT2D eigenvalue weighted by Gasteiger charge is -2.11. The van der Waals surface area contributed by atoms with Gasteiger partial charge in [-0.2, -0.15) is 18.8 Å². The van der Waals surface area contributed by atoms with Gasteiger partial charge in [0.2, 0.25) is 0 Å². The van der Waals surface area contributed by atoms with Crippen LogP contribution >= 0.6 is 11.6 Å². The molecular weight excluding hydrogens is 438 g/mol. The van der Waals surface area contributed by atoms with Crippen LogP contribution in [0.3, 0.4) is 0 Å². The molecule has 0 spiro atoms. The average molecular weight is 456 g/mol. The van der Waals surface area contributed by atoms with Gasteiger partial charge >= 0.3 is 0 Å². The SMILES string of the molecule is COc1ccc(/C=N\NS(=O)(=O)c2ccc(Cl)cc2)cc1COc1ccc(C#N)cc1. The number of hydrogen-bond acceptors (Lipinski definition) is 6. The van der Waals surface area contributed by atoms with E-state index >= 15 is 0 Å². The largest absolute Gasteiger partial charge is 0.496 e. The maximum absolute atomic E-state index is 12.3. The molecule has 0 fully saturated rings. The van der Waals surface area contributed by atoms with Crippen molar-refractivity contribution in [3.05, 3.63) is 88.4 Å². The highest BCUT2D eigenvalue weighted by atomic mass is 35.5. The molecular formula is C22H18ClN3O4S. The Balaban J connectivity index is 1.70. The molecule has 0 radical (unpaired) electrons. The number of benzene rings is 3. The van der Waals surface area contributed by atoms with Gasteiger partial charge in [-0.05, 0) is 72.3 Å². The van der Waals surface area contributed by atoms with Crippen LogP contribution in [-0.2, 0) is 16.6 Å². The predicted molar refractivity (Wildman–Crippen MR) is 118 cm³/mol. The van der Waals surface area contributed by atoms with Crippen LogP contribution in [-0.4, -0.2) is 21.7 Å². The molecule has 0 saturated carbocycles. The van der Waals surface area contributed by atoms with Crippen molar-refractivity contribution in [2.45, 2.75) is 11.5 Å². The highest BCUT2D eigenvalue weighted by molar-refractivity contribution is 7.89. The van der Waals surface area contributed by atoms with Gasteiger partial charge in [0.25, 0.3) is 10.0 Å². The second kappa shape index (κ2) is 9.98. The van der Waals surface area contributed by atoms with Crippen molar-refractivity contribution in [3.8, 4) is 17.6 Å². The molecule has 0 aliphatic carbocycles. The predicted octanol–water partition coefficient (Wildman–Crippen LogP) is 4.11. The molecule has 1 N–H and O–H groups in total. The maximum atomic E-state index is 12.3. The lowest BCUT2D eigenvalue weighted by molar-refractivity contribution is 0.296. The van der Waals surface area contributed by atoms with E-state index < -0.39 is 10.0 Å². The minimum absolute atomic E-state index is 0.0558.